The molecule has 1 fully saturated rings. The van der Waals surface area contributed by atoms with Crippen molar-refractivity contribution in [1.29, 1.82) is 0 Å². The number of nitrogens with one attached hydrogen (secondary N) is 2. The normalized spacial score (nSPS) is 19.9. The molecule has 1 aliphatic rings. The molecule has 0 aliphatic heterocycles. The number of hydrogen-bond acceptors (Lipinski definition) is 4. The van der Waals surface area contributed by atoms with E-state index < -0.39 is 45.1 Å². The summed E-state index contributed by atoms with van der Waals surface area (Å²) in [7, 11) is 0. The van der Waals surface area contributed by atoms with Gasteiger partial charge in [0.15, 0.2) is 0 Å². The van der Waals surface area contributed by atoms with E-state index in [1.165, 1.54) is 24.3 Å². The minimum absolute atomic E-state index is 0.141. The molecule has 0 heterocycles. The van der Waals surface area contributed by atoms with Gasteiger partial charge in [0.1, 0.15) is 22.2 Å². The largest absolute Gasteiger partial charge is 0.573 e. The number of amides is 1. The van der Waals surface area contributed by atoms with Crippen molar-refractivity contribution in [1.82, 2.24) is 0 Å². The predicted molar refractivity (Wildman–Crippen MR) is 138 cm³/mol. The number of carbonyl (C=O) groups is 2. The van der Waals surface area contributed by atoms with Crippen molar-refractivity contribution in [2.24, 2.45) is 5.41 Å². The second-order valence-electron chi connectivity index (χ2n) is 8.49. The lowest BCUT2D eigenvalue weighted by Crippen LogP contribution is -2.24. The average molecular weight is 610 g/mol. The van der Waals surface area contributed by atoms with E-state index in [9.17, 15) is 27.2 Å². The molecule has 0 bridgehead atoms. The van der Waals surface area contributed by atoms with Gasteiger partial charge < -0.3 is 20.2 Å². The Bertz CT molecular complexity index is 1370. The average Bonchev–Trinajstić information content (AvgIpc) is 3.32. The summed E-state index contributed by atoms with van der Waals surface area (Å²) in [5.41, 5.74) is -0.989. The van der Waals surface area contributed by atoms with E-state index in [1.807, 2.05) is 0 Å². The summed E-state index contributed by atoms with van der Waals surface area (Å²) < 4.78 is 54.5. The molecule has 5 nitrogen and oxygen atoms in total. The van der Waals surface area contributed by atoms with Crippen molar-refractivity contribution in [2.75, 3.05) is 17.2 Å². The van der Waals surface area contributed by atoms with Gasteiger partial charge >= 0.3 is 6.36 Å². The molecule has 3 aromatic carbocycles. The van der Waals surface area contributed by atoms with Gasteiger partial charge in [-0.25, -0.2) is 4.39 Å². The quantitative estimate of drug-likeness (QED) is 0.155. The molecule has 3 aromatic rings. The van der Waals surface area contributed by atoms with Crippen LogP contribution in [0.3, 0.4) is 0 Å². The number of anilines is 2. The molecule has 1 aliphatic carbocycles. The number of carbonyl (C=O) groups excluding carboxylic acids is 2. The Morgan fingerprint density at radius 2 is 1.58 bits per heavy atom. The fourth-order valence-corrected chi connectivity index (χ4v) is 5.66. The summed E-state index contributed by atoms with van der Waals surface area (Å²) in [5, 5.41) is 5.92. The van der Waals surface area contributed by atoms with Gasteiger partial charge in [0.05, 0.1) is 11.0 Å². The van der Waals surface area contributed by atoms with Crippen LogP contribution in [0.4, 0.5) is 28.9 Å². The van der Waals surface area contributed by atoms with Crippen LogP contribution >= 0.6 is 46.4 Å². The van der Waals surface area contributed by atoms with Crippen LogP contribution in [0.25, 0.3) is 0 Å². The summed E-state index contributed by atoms with van der Waals surface area (Å²) in [6.45, 7) is -0.142. The Morgan fingerprint density at radius 1 is 0.974 bits per heavy atom. The van der Waals surface area contributed by atoms with E-state index >= 15 is 0 Å². The van der Waals surface area contributed by atoms with Crippen LogP contribution in [0, 0.1) is 11.2 Å². The van der Waals surface area contributed by atoms with E-state index in [0.717, 1.165) is 24.3 Å². The lowest BCUT2D eigenvalue weighted by atomic mass is 10.00. The van der Waals surface area contributed by atoms with E-state index in [0.29, 0.717) is 21.9 Å². The molecule has 38 heavy (non-hydrogen) atoms. The third-order valence-electron chi connectivity index (χ3n) is 5.98. The van der Waals surface area contributed by atoms with Crippen LogP contribution in [-0.4, -0.2) is 29.4 Å². The number of alkyl halides is 5. The number of benzene rings is 3. The number of halogens is 8. The molecule has 4 rings (SSSR count). The standard InChI is InChI=1S/C25H16Cl4F4N2O3/c26-14-7-13(8-15(27)9-14)21-23(12-36,24(21,28)29)11-34-18-5-6-20(38-25(31,32)33)19(10-18)22(37)35-17-3-1-16(30)2-4-17/h1-10,12,21,34H,11H2,(H,35,37). The first kappa shape index (κ1) is 28.3. The van der Waals surface area contributed by atoms with Gasteiger partial charge in [-0.1, -0.05) is 46.4 Å². The van der Waals surface area contributed by atoms with Gasteiger partial charge in [0, 0.05) is 33.9 Å². The minimum atomic E-state index is -5.07. The summed E-state index contributed by atoms with van der Waals surface area (Å²) in [5.74, 6) is -2.98. The highest BCUT2D eigenvalue weighted by Gasteiger charge is 2.76. The SMILES string of the molecule is O=CC1(CNc2ccc(OC(F)(F)F)c(C(=O)Nc3ccc(F)cc3)c2)C(c2cc(Cl)cc(Cl)c2)C1(Cl)Cl. The second kappa shape index (κ2) is 10.4. The zero-order valence-corrected chi connectivity index (χ0v) is 21.9. The topological polar surface area (TPSA) is 67.4 Å². The summed E-state index contributed by atoms with van der Waals surface area (Å²) >= 11 is 25.1. The van der Waals surface area contributed by atoms with Gasteiger partial charge in [-0.3, -0.25) is 4.79 Å². The zero-order chi connectivity index (χ0) is 27.9. The van der Waals surface area contributed by atoms with Gasteiger partial charge in [0.2, 0.25) is 0 Å². The molecular weight excluding hydrogens is 594 g/mol. The maximum atomic E-state index is 13.2. The fraction of sp³-hybridized carbons (Fsp3) is 0.200. The molecule has 0 saturated heterocycles. The first-order valence-corrected chi connectivity index (χ1v) is 12.3. The summed E-state index contributed by atoms with van der Waals surface area (Å²) in [6, 6.07) is 12.6. The Labute approximate surface area is 234 Å². The molecular formula is C25H16Cl4F4N2O3. The van der Waals surface area contributed by atoms with Crippen molar-refractivity contribution >= 4 is 70.0 Å². The van der Waals surface area contributed by atoms with Gasteiger partial charge in [-0.2, -0.15) is 0 Å². The maximum Gasteiger partial charge on any atom is 0.573 e. The lowest BCUT2D eigenvalue weighted by molar-refractivity contribution is -0.274. The number of ether oxygens (including phenoxy) is 1. The molecule has 1 amide bonds. The second-order valence-corrected chi connectivity index (χ2v) is 10.7. The van der Waals surface area contributed by atoms with Crippen LogP contribution in [-0.2, 0) is 4.79 Å². The van der Waals surface area contributed by atoms with Crippen molar-refractivity contribution < 1.29 is 31.9 Å². The Hall–Kier alpha value is -2.72. The first-order valence-electron chi connectivity index (χ1n) is 10.8. The highest BCUT2D eigenvalue weighted by Crippen LogP contribution is 2.73. The summed E-state index contributed by atoms with van der Waals surface area (Å²) in [4.78, 5) is 25.0. The Kier molecular flexibility index (Phi) is 7.78. The molecule has 0 aromatic heterocycles. The Balaban J connectivity index is 1.60. The van der Waals surface area contributed by atoms with Crippen LogP contribution < -0.4 is 15.4 Å². The third-order valence-corrected chi connectivity index (χ3v) is 7.56. The number of aldehydes is 1. The zero-order valence-electron chi connectivity index (χ0n) is 18.9. The Morgan fingerprint density at radius 3 is 2.16 bits per heavy atom. The van der Waals surface area contributed by atoms with E-state index in [2.05, 4.69) is 15.4 Å². The van der Waals surface area contributed by atoms with Crippen LogP contribution in [0.1, 0.15) is 21.8 Å². The maximum absolute atomic E-state index is 13.2. The molecule has 0 spiro atoms. The molecule has 13 heteroatoms. The van der Waals surface area contributed by atoms with Crippen LogP contribution in [0.15, 0.2) is 60.7 Å². The molecule has 200 valence electrons. The minimum Gasteiger partial charge on any atom is -0.405 e. The van der Waals surface area contributed by atoms with Crippen LogP contribution in [0.5, 0.6) is 5.75 Å². The van der Waals surface area contributed by atoms with Crippen LogP contribution in [0.2, 0.25) is 10.0 Å². The highest BCUT2D eigenvalue weighted by molar-refractivity contribution is 6.54. The molecule has 1 saturated carbocycles. The lowest BCUT2D eigenvalue weighted by Gasteiger charge is -2.17. The van der Waals surface area contributed by atoms with Crippen molar-refractivity contribution in [3.63, 3.8) is 0 Å². The van der Waals surface area contributed by atoms with E-state index in [4.69, 9.17) is 46.4 Å². The fourth-order valence-electron chi connectivity index (χ4n) is 4.14. The van der Waals surface area contributed by atoms with Crippen molar-refractivity contribution in [3.05, 3.63) is 87.7 Å². The van der Waals surface area contributed by atoms with Gasteiger partial charge in [-0.15, -0.1) is 13.2 Å². The summed E-state index contributed by atoms with van der Waals surface area (Å²) in [6.07, 6.45) is -4.49. The van der Waals surface area contributed by atoms with E-state index in [-0.39, 0.29) is 17.9 Å². The highest BCUT2D eigenvalue weighted by atomic mass is 35.5. The number of hydrogen-bond donors (Lipinski definition) is 2. The molecule has 2 unspecified atom stereocenters. The smallest absolute Gasteiger partial charge is 0.405 e. The van der Waals surface area contributed by atoms with E-state index in [1.54, 1.807) is 12.1 Å². The van der Waals surface area contributed by atoms with Crippen molar-refractivity contribution in [2.45, 2.75) is 16.6 Å². The van der Waals surface area contributed by atoms with Gasteiger partial charge in [0.25, 0.3) is 5.91 Å². The monoisotopic (exact) mass is 608 g/mol. The first-order chi connectivity index (χ1) is 17.8. The predicted octanol–water partition coefficient (Wildman–Crippen LogP) is 7.85. The molecule has 2 N–H and O–H groups in total. The third kappa shape index (κ3) is 5.81. The molecule has 0 radical (unpaired) electrons. The van der Waals surface area contributed by atoms with Gasteiger partial charge in [-0.05, 0) is 66.2 Å². The van der Waals surface area contributed by atoms with Crippen molar-refractivity contribution in [3.8, 4) is 5.75 Å². The number of rotatable bonds is 8. The molecule has 2 atom stereocenters.